The zero-order valence-electron chi connectivity index (χ0n) is 20.5. The lowest BCUT2D eigenvalue weighted by molar-refractivity contribution is 0.0948. The number of hydrogen-bond donors (Lipinski definition) is 2. The molecule has 1 amide bonds. The van der Waals surface area contributed by atoms with Crippen molar-refractivity contribution in [3.63, 3.8) is 0 Å². The summed E-state index contributed by atoms with van der Waals surface area (Å²) in [4.78, 5) is 18.4. The third-order valence-corrected chi connectivity index (χ3v) is 7.22. The number of anilines is 1. The number of nitrogens with one attached hydrogen (secondary N) is 2. The third-order valence-electron chi connectivity index (χ3n) is 6.10. The molecule has 2 N–H and O–H groups in total. The fraction of sp³-hybridized carbons (Fsp3) is 0.107. The summed E-state index contributed by atoms with van der Waals surface area (Å²) in [5.74, 6) is 0.762. The monoisotopic (exact) mass is 525 g/mol. The summed E-state index contributed by atoms with van der Waals surface area (Å²) in [6, 6.07) is 25.5. The van der Waals surface area contributed by atoms with Crippen LogP contribution in [0.4, 0.5) is 5.82 Å². The van der Waals surface area contributed by atoms with E-state index in [1.54, 1.807) is 11.8 Å². The van der Waals surface area contributed by atoms with Gasteiger partial charge >= 0.3 is 0 Å². The third kappa shape index (κ3) is 5.50. The first-order chi connectivity index (χ1) is 18.0. The molecule has 0 aliphatic rings. The van der Waals surface area contributed by atoms with E-state index in [1.807, 2.05) is 91.5 Å². The molecule has 0 saturated heterocycles. The first-order valence-corrected chi connectivity index (χ1v) is 13.5. The minimum Gasteiger partial charge on any atom is -0.366 e. The second-order valence-corrected chi connectivity index (χ2v) is 9.88. The number of fused-ring (bicyclic) bond motifs is 1. The molecule has 9 heteroatoms. The van der Waals surface area contributed by atoms with Crippen LogP contribution in [0, 0.1) is 0 Å². The fourth-order valence-corrected chi connectivity index (χ4v) is 4.91. The normalized spacial score (nSPS) is 11.0. The highest BCUT2D eigenvalue weighted by Crippen LogP contribution is 2.28. The molecule has 184 valence electrons. The molecule has 0 aliphatic heterocycles. The van der Waals surface area contributed by atoms with Crippen molar-refractivity contribution in [2.45, 2.75) is 18.0 Å². The summed E-state index contributed by atoms with van der Waals surface area (Å²) in [5.41, 5.74) is 6.28. The Morgan fingerprint density at radius 1 is 1.00 bits per heavy atom. The largest absolute Gasteiger partial charge is 0.366 e. The van der Waals surface area contributed by atoms with Gasteiger partial charge in [-0.3, -0.25) is 4.79 Å². The standard InChI is InChI=1S/C28H25BClN5OS/c1-37-25-9-5-3-7-21(25)28(36)32-16-19-12-10-18(11-13-19)15-31-26-14-24(20-6-2-4-8-23(20)30)34-27-22(29)17-33-35(26)27/h2-14,17,31H,15-16,29H2,1H3,(H,32,36). The van der Waals surface area contributed by atoms with Crippen molar-refractivity contribution < 1.29 is 4.79 Å². The van der Waals surface area contributed by atoms with Gasteiger partial charge in [0.05, 0.1) is 11.3 Å². The molecule has 0 unspecified atom stereocenters. The molecule has 0 aliphatic carbocycles. The van der Waals surface area contributed by atoms with Gasteiger partial charge in [-0.15, -0.1) is 11.8 Å². The Morgan fingerprint density at radius 2 is 1.70 bits per heavy atom. The highest BCUT2D eigenvalue weighted by atomic mass is 35.5. The van der Waals surface area contributed by atoms with Gasteiger partial charge in [0, 0.05) is 40.8 Å². The SMILES string of the molecule is Bc1cnn2c(NCc3ccc(CNC(=O)c4ccccc4SC)cc3)cc(-c3ccccc3Cl)nc12. The van der Waals surface area contributed by atoms with E-state index in [2.05, 4.69) is 27.9 Å². The molecule has 5 aromatic rings. The van der Waals surface area contributed by atoms with E-state index in [-0.39, 0.29) is 5.91 Å². The van der Waals surface area contributed by atoms with Crippen molar-refractivity contribution in [1.82, 2.24) is 19.9 Å². The van der Waals surface area contributed by atoms with Crippen molar-refractivity contribution >= 4 is 54.0 Å². The Morgan fingerprint density at radius 3 is 2.46 bits per heavy atom. The van der Waals surface area contributed by atoms with Crippen LogP contribution < -0.4 is 16.1 Å². The average Bonchev–Trinajstić information content (AvgIpc) is 3.31. The number of rotatable bonds is 8. The van der Waals surface area contributed by atoms with Gasteiger partial charge in [-0.25, -0.2) is 4.98 Å². The lowest BCUT2D eigenvalue weighted by Gasteiger charge is -2.12. The Labute approximate surface area is 225 Å². The fourth-order valence-electron chi connectivity index (χ4n) is 4.08. The summed E-state index contributed by atoms with van der Waals surface area (Å²) in [7, 11) is 1.99. The maximum Gasteiger partial charge on any atom is 0.252 e. The first kappa shape index (κ1) is 24.9. The van der Waals surface area contributed by atoms with E-state index in [1.165, 1.54) is 0 Å². The van der Waals surface area contributed by atoms with Crippen LogP contribution in [0.3, 0.4) is 0 Å². The molecule has 2 aromatic heterocycles. The summed E-state index contributed by atoms with van der Waals surface area (Å²) in [6.45, 7) is 1.07. The van der Waals surface area contributed by atoms with Crippen LogP contribution >= 0.6 is 23.4 Å². The number of nitrogens with zero attached hydrogens (tertiary/aromatic N) is 3. The van der Waals surface area contributed by atoms with Gasteiger partial charge in [0.15, 0.2) is 5.65 Å². The molecule has 0 bridgehead atoms. The molecule has 0 spiro atoms. The van der Waals surface area contributed by atoms with E-state index in [0.717, 1.165) is 44.2 Å². The topological polar surface area (TPSA) is 71.3 Å². The predicted molar refractivity (Wildman–Crippen MR) is 155 cm³/mol. The van der Waals surface area contributed by atoms with Crippen LogP contribution in [-0.4, -0.2) is 34.6 Å². The smallest absolute Gasteiger partial charge is 0.252 e. The number of aromatic nitrogens is 3. The van der Waals surface area contributed by atoms with E-state index in [9.17, 15) is 4.79 Å². The van der Waals surface area contributed by atoms with Crippen molar-refractivity contribution in [3.8, 4) is 11.3 Å². The number of amides is 1. The number of hydrogen-bond acceptors (Lipinski definition) is 5. The van der Waals surface area contributed by atoms with E-state index >= 15 is 0 Å². The molecular weight excluding hydrogens is 501 g/mol. The van der Waals surface area contributed by atoms with Gasteiger partial charge in [0.25, 0.3) is 5.91 Å². The van der Waals surface area contributed by atoms with Gasteiger partial charge in [-0.05, 0) is 41.0 Å². The number of benzene rings is 3. The molecule has 0 radical (unpaired) electrons. The van der Waals surface area contributed by atoms with E-state index < -0.39 is 0 Å². The van der Waals surface area contributed by atoms with Gasteiger partial charge in [0.2, 0.25) is 0 Å². The highest BCUT2D eigenvalue weighted by molar-refractivity contribution is 7.98. The summed E-state index contributed by atoms with van der Waals surface area (Å²) < 4.78 is 1.81. The molecule has 37 heavy (non-hydrogen) atoms. The molecule has 5 rings (SSSR count). The van der Waals surface area contributed by atoms with Crippen molar-refractivity contribution in [2.24, 2.45) is 0 Å². The minimum absolute atomic E-state index is 0.0683. The quantitative estimate of drug-likeness (QED) is 0.229. The lowest BCUT2D eigenvalue weighted by atomic mass is 10.0. The van der Waals surface area contributed by atoms with Crippen LogP contribution in [0.2, 0.25) is 5.02 Å². The van der Waals surface area contributed by atoms with Crippen LogP contribution in [0.15, 0.2) is 90.0 Å². The maximum absolute atomic E-state index is 12.6. The van der Waals surface area contributed by atoms with Crippen LogP contribution in [0.25, 0.3) is 16.9 Å². The second kappa shape index (κ2) is 11.1. The summed E-state index contributed by atoms with van der Waals surface area (Å²) in [5, 5.41) is 11.7. The van der Waals surface area contributed by atoms with Gasteiger partial charge < -0.3 is 10.6 Å². The molecule has 6 nitrogen and oxygen atoms in total. The summed E-state index contributed by atoms with van der Waals surface area (Å²) >= 11 is 8.02. The molecular formula is C28H25BClN5OS. The minimum atomic E-state index is -0.0683. The van der Waals surface area contributed by atoms with Gasteiger partial charge in [0.1, 0.15) is 13.7 Å². The Balaban J connectivity index is 1.28. The van der Waals surface area contributed by atoms with Crippen molar-refractivity contribution in [3.05, 3.63) is 107 Å². The van der Waals surface area contributed by atoms with Crippen LogP contribution in [0.1, 0.15) is 21.5 Å². The average molecular weight is 526 g/mol. The second-order valence-electron chi connectivity index (χ2n) is 8.62. The number of halogens is 1. The van der Waals surface area contributed by atoms with Crippen LogP contribution in [-0.2, 0) is 13.1 Å². The zero-order valence-corrected chi connectivity index (χ0v) is 22.1. The summed E-state index contributed by atoms with van der Waals surface area (Å²) in [6.07, 6.45) is 3.78. The van der Waals surface area contributed by atoms with Gasteiger partial charge in [-0.2, -0.15) is 9.61 Å². The van der Waals surface area contributed by atoms with Crippen molar-refractivity contribution in [1.29, 1.82) is 0 Å². The van der Waals surface area contributed by atoms with Crippen LogP contribution in [0.5, 0.6) is 0 Å². The Hall–Kier alpha value is -3.75. The van der Waals surface area contributed by atoms with Crippen molar-refractivity contribution in [2.75, 3.05) is 11.6 Å². The van der Waals surface area contributed by atoms with E-state index in [4.69, 9.17) is 16.6 Å². The van der Waals surface area contributed by atoms with Gasteiger partial charge in [-0.1, -0.05) is 66.2 Å². The molecule has 0 atom stereocenters. The number of carbonyl (C=O) groups is 1. The highest BCUT2D eigenvalue weighted by Gasteiger charge is 2.13. The predicted octanol–water partition coefficient (Wildman–Crippen LogP) is 4.57. The zero-order chi connectivity index (χ0) is 25.8. The molecule has 2 heterocycles. The molecule has 3 aromatic carbocycles. The van der Waals surface area contributed by atoms with E-state index in [0.29, 0.717) is 23.7 Å². The Kier molecular flexibility index (Phi) is 7.49. The molecule has 0 saturated carbocycles. The Bertz CT molecular complexity index is 1570. The number of carbonyl (C=O) groups excluding carboxylic acids is 1. The maximum atomic E-state index is 12.6. The first-order valence-electron chi connectivity index (χ1n) is 11.9. The molecule has 0 fully saturated rings. The lowest BCUT2D eigenvalue weighted by Crippen LogP contribution is -2.23. The number of thioether (sulfide) groups is 1.